The number of aliphatic hydroxyl groups is 1. The fourth-order valence-electron chi connectivity index (χ4n) is 1.71. The zero-order valence-electron chi connectivity index (χ0n) is 10.1. The zero-order valence-corrected chi connectivity index (χ0v) is 10.9. The van der Waals surface area contributed by atoms with E-state index in [-0.39, 0.29) is 6.61 Å². The predicted octanol–water partition coefficient (Wildman–Crippen LogP) is 3.95. The number of rotatable bonds is 3. The van der Waals surface area contributed by atoms with Crippen molar-refractivity contribution in [3.8, 4) is 0 Å². The highest BCUT2D eigenvalue weighted by Crippen LogP contribution is 2.32. The normalized spacial score (nSPS) is 10.5. The predicted molar refractivity (Wildman–Crippen MR) is 72.4 cm³/mol. The van der Waals surface area contributed by atoms with Crippen molar-refractivity contribution in [1.29, 1.82) is 0 Å². The zero-order chi connectivity index (χ0) is 12.3. The van der Waals surface area contributed by atoms with Crippen molar-refractivity contribution in [2.24, 2.45) is 0 Å². The van der Waals surface area contributed by atoms with Crippen LogP contribution < -0.4 is 0 Å². The van der Waals surface area contributed by atoms with E-state index < -0.39 is 0 Å². The van der Waals surface area contributed by atoms with Gasteiger partial charge in [0, 0.05) is 9.79 Å². The molecule has 0 aliphatic heterocycles. The maximum absolute atomic E-state index is 9.08. The van der Waals surface area contributed by atoms with E-state index in [2.05, 4.69) is 44.2 Å². The van der Waals surface area contributed by atoms with Crippen LogP contribution in [0.4, 0.5) is 0 Å². The third kappa shape index (κ3) is 2.90. The lowest BCUT2D eigenvalue weighted by atomic mass is 10.1. The van der Waals surface area contributed by atoms with Crippen LogP contribution in [0.2, 0.25) is 0 Å². The third-order valence-electron chi connectivity index (χ3n) is 2.74. The van der Waals surface area contributed by atoms with Crippen molar-refractivity contribution < 1.29 is 5.11 Å². The first-order valence-electron chi connectivity index (χ1n) is 5.64. The van der Waals surface area contributed by atoms with E-state index in [0.29, 0.717) is 0 Å². The summed E-state index contributed by atoms with van der Waals surface area (Å²) in [6.07, 6.45) is 0. The highest BCUT2D eigenvalue weighted by molar-refractivity contribution is 7.99. The van der Waals surface area contributed by atoms with Crippen LogP contribution in [-0.2, 0) is 6.61 Å². The van der Waals surface area contributed by atoms with Gasteiger partial charge in [-0.1, -0.05) is 42.1 Å². The van der Waals surface area contributed by atoms with Gasteiger partial charge in [0.25, 0.3) is 0 Å². The van der Waals surface area contributed by atoms with Crippen LogP contribution in [-0.4, -0.2) is 5.11 Å². The molecular formula is C15H16OS. The van der Waals surface area contributed by atoms with Gasteiger partial charge in [-0.2, -0.15) is 0 Å². The highest BCUT2D eigenvalue weighted by Gasteiger charge is 2.04. The number of aliphatic hydroxyl groups excluding tert-OH is 1. The Morgan fingerprint density at radius 3 is 2.29 bits per heavy atom. The molecule has 0 aromatic heterocycles. The summed E-state index contributed by atoms with van der Waals surface area (Å²) in [5.74, 6) is 0. The third-order valence-corrected chi connectivity index (χ3v) is 4.09. The lowest BCUT2D eigenvalue weighted by molar-refractivity contribution is 0.281. The summed E-state index contributed by atoms with van der Waals surface area (Å²) in [6.45, 7) is 4.32. The monoisotopic (exact) mass is 244 g/mol. The van der Waals surface area contributed by atoms with Crippen LogP contribution in [0.15, 0.2) is 52.3 Å². The Hall–Kier alpha value is -1.25. The number of aryl methyl sites for hydroxylation is 2. The quantitative estimate of drug-likeness (QED) is 0.882. The smallest absolute Gasteiger partial charge is 0.0681 e. The van der Waals surface area contributed by atoms with Gasteiger partial charge in [-0.05, 0) is 42.7 Å². The standard InChI is InChI=1S/C15H16OS/c1-11-5-3-4-6-14(11)17-15-8-7-13(10-16)9-12(15)2/h3-9,16H,10H2,1-2H3. The molecule has 2 aromatic carbocycles. The number of hydrogen-bond donors (Lipinski definition) is 1. The van der Waals surface area contributed by atoms with Gasteiger partial charge in [0.1, 0.15) is 0 Å². The first kappa shape index (κ1) is 12.2. The topological polar surface area (TPSA) is 20.2 Å². The molecule has 0 aliphatic rings. The molecule has 0 saturated carbocycles. The van der Waals surface area contributed by atoms with Crippen molar-refractivity contribution in [1.82, 2.24) is 0 Å². The molecule has 0 bridgehead atoms. The average Bonchev–Trinajstić information content (AvgIpc) is 2.34. The molecule has 0 amide bonds. The van der Waals surface area contributed by atoms with Crippen LogP contribution in [0.5, 0.6) is 0 Å². The van der Waals surface area contributed by atoms with Crippen molar-refractivity contribution >= 4 is 11.8 Å². The Kier molecular flexibility index (Phi) is 3.87. The minimum atomic E-state index is 0.107. The van der Waals surface area contributed by atoms with Gasteiger partial charge in [0.2, 0.25) is 0 Å². The van der Waals surface area contributed by atoms with Crippen LogP contribution in [0.3, 0.4) is 0 Å². The molecule has 2 heteroatoms. The molecule has 0 saturated heterocycles. The Balaban J connectivity index is 2.28. The average molecular weight is 244 g/mol. The lowest BCUT2D eigenvalue weighted by Gasteiger charge is -2.09. The Bertz CT molecular complexity index is 520. The molecule has 2 aromatic rings. The van der Waals surface area contributed by atoms with Crippen molar-refractivity contribution in [2.45, 2.75) is 30.2 Å². The molecule has 0 unspecified atom stereocenters. The fourth-order valence-corrected chi connectivity index (χ4v) is 2.68. The van der Waals surface area contributed by atoms with Crippen LogP contribution in [0.1, 0.15) is 16.7 Å². The molecule has 88 valence electrons. The van der Waals surface area contributed by atoms with Crippen molar-refractivity contribution in [2.75, 3.05) is 0 Å². The molecule has 0 heterocycles. The first-order chi connectivity index (χ1) is 8.20. The maximum atomic E-state index is 9.08. The molecule has 0 aliphatic carbocycles. The van der Waals surface area contributed by atoms with Gasteiger partial charge in [-0.3, -0.25) is 0 Å². The van der Waals surface area contributed by atoms with Crippen LogP contribution in [0.25, 0.3) is 0 Å². The minimum Gasteiger partial charge on any atom is -0.392 e. The molecule has 0 radical (unpaired) electrons. The second kappa shape index (κ2) is 5.39. The summed E-state index contributed by atoms with van der Waals surface area (Å²) in [5.41, 5.74) is 3.48. The first-order valence-corrected chi connectivity index (χ1v) is 6.46. The fraction of sp³-hybridized carbons (Fsp3) is 0.200. The second-order valence-electron chi connectivity index (χ2n) is 4.13. The number of hydrogen-bond acceptors (Lipinski definition) is 2. The van der Waals surface area contributed by atoms with Gasteiger partial charge in [0.15, 0.2) is 0 Å². The van der Waals surface area contributed by atoms with Gasteiger partial charge in [-0.15, -0.1) is 0 Å². The van der Waals surface area contributed by atoms with Crippen molar-refractivity contribution in [3.05, 3.63) is 59.2 Å². The molecule has 0 spiro atoms. The van der Waals surface area contributed by atoms with E-state index in [1.807, 2.05) is 12.1 Å². The van der Waals surface area contributed by atoms with E-state index in [4.69, 9.17) is 5.11 Å². The molecule has 1 nitrogen and oxygen atoms in total. The summed E-state index contributed by atoms with van der Waals surface area (Å²) >= 11 is 1.78. The number of benzene rings is 2. The highest BCUT2D eigenvalue weighted by atomic mass is 32.2. The van der Waals surface area contributed by atoms with Gasteiger partial charge in [-0.25, -0.2) is 0 Å². The summed E-state index contributed by atoms with van der Waals surface area (Å²) in [6, 6.07) is 14.5. The second-order valence-corrected chi connectivity index (χ2v) is 5.21. The molecular weight excluding hydrogens is 228 g/mol. The largest absolute Gasteiger partial charge is 0.392 e. The van der Waals surface area contributed by atoms with Crippen LogP contribution in [0, 0.1) is 13.8 Å². The van der Waals surface area contributed by atoms with Gasteiger partial charge < -0.3 is 5.11 Å². The molecule has 2 rings (SSSR count). The lowest BCUT2D eigenvalue weighted by Crippen LogP contribution is -1.87. The Labute approximate surface area is 107 Å². The summed E-state index contributed by atoms with van der Waals surface area (Å²) in [7, 11) is 0. The summed E-state index contributed by atoms with van der Waals surface area (Å²) in [5, 5.41) is 9.08. The van der Waals surface area contributed by atoms with E-state index in [1.54, 1.807) is 11.8 Å². The van der Waals surface area contributed by atoms with E-state index in [1.165, 1.54) is 20.9 Å². The van der Waals surface area contributed by atoms with E-state index in [0.717, 1.165) is 5.56 Å². The molecule has 1 N–H and O–H groups in total. The summed E-state index contributed by atoms with van der Waals surface area (Å²) < 4.78 is 0. The summed E-state index contributed by atoms with van der Waals surface area (Å²) in [4.78, 5) is 2.53. The van der Waals surface area contributed by atoms with Gasteiger partial charge in [0.05, 0.1) is 6.61 Å². The van der Waals surface area contributed by atoms with E-state index >= 15 is 0 Å². The Morgan fingerprint density at radius 2 is 1.65 bits per heavy atom. The van der Waals surface area contributed by atoms with Crippen LogP contribution >= 0.6 is 11.8 Å². The SMILES string of the molecule is Cc1ccccc1Sc1ccc(CO)cc1C. The molecule has 0 atom stereocenters. The molecule has 0 fully saturated rings. The van der Waals surface area contributed by atoms with Gasteiger partial charge >= 0.3 is 0 Å². The molecule has 17 heavy (non-hydrogen) atoms. The Morgan fingerprint density at radius 1 is 0.941 bits per heavy atom. The van der Waals surface area contributed by atoms with Crippen molar-refractivity contribution in [3.63, 3.8) is 0 Å². The van der Waals surface area contributed by atoms with E-state index in [9.17, 15) is 0 Å². The maximum Gasteiger partial charge on any atom is 0.0681 e. The minimum absolute atomic E-state index is 0.107.